The predicted molar refractivity (Wildman–Crippen MR) is 104 cm³/mol. The van der Waals surface area contributed by atoms with Gasteiger partial charge in [0.15, 0.2) is 11.5 Å². The van der Waals surface area contributed by atoms with Crippen LogP contribution in [-0.4, -0.2) is 55.3 Å². The van der Waals surface area contributed by atoms with Crippen LogP contribution in [0.3, 0.4) is 0 Å². The molecule has 0 radical (unpaired) electrons. The average Bonchev–Trinajstić information content (AvgIpc) is 2.74. The van der Waals surface area contributed by atoms with Crippen molar-refractivity contribution >= 4 is 5.91 Å². The maximum absolute atomic E-state index is 12.8. The Bertz CT molecular complexity index is 792. The lowest BCUT2D eigenvalue weighted by molar-refractivity contribution is -0.135. The molecule has 0 saturated carbocycles. The van der Waals surface area contributed by atoms with Gasteiger partial charge in [0, 0.05) is 19.3 Å². The Morgan fingerprint density at radius 2 is 1.75 bits per heavy atom. The normalized spacial score (nSPS) is 15.8. The van der Waals surface area contributed by atoms with Crippen LogP contribution >= 0.6 is 0 Å². The summed E-state index contributed by atoms with van der Waals surface area (Å²) in [4.78, 5) is 18.8. The Balaban J connectivity index is 1.68. The minimum absolute atomic E-state index is 0.00246. The second kappa shape index (κ2) is 8.48. The van der Waals surface area contributed by atoms with E-state index in [-0.39, 0.29) is 12.3 Å². The number of aliphatic hydroxyl groups is 1. The van der Waals surface area contributed by atoms with Gasteiger partial charge in [0.2, 0.25) is 11.7 Å². The Morgan fingerprint density at radius 3 is 2.25 bits per heavy atom. The Morgan fingerprint density at radius 1 is 1.11 bits per heavy atom. The first-order valence-corrected chi connectivity index (χ1v) is 9.21. The van der Waals surface area contributed by atoms with Crippen molar-refractivity contribution in [3.8, 4) is 17.2 Å². The number of ether oxygens (including phenoxy) is 3. The summed E-state index contributed by atoms with van der Waals surface area (Å²) in [7, 11) is 4.64. The number of aromatic nitrogens is 1. The molecule has 0 atom stereocenters. The first-order valence-electron chi connectivity index (χ1n) is 9.21. The number of carbonyl (C=O) groups is 1. The van der Waals surface area contributed by atoms with Gasteiger partial charge in [-0.2, -0.15) is 0 Å². The first kappa shape index (κ1) is 19.9. The van der Waals surface area contributed by atoms with E-state index in [2.05, 4.69) is 4.98 Å². The van der Waals surface area contributed by atoms with Gasteiger partial charge >= 0.3 is 0 Å². The zero-order valence-electron chi connectivity index (χ0n) is 16.5. The number of methoxy groups -OCH3 is 3. The summed E-state index contributed by atoms with van der Waals surface area (Å²) in [5, 5.41) is 10.9. The van der Waals surface area contributed by atoms with E-state index in [1.807, 2.05) is 18.2 Å². The number of hydrogen-bond acceptors (Lipinski definition) is 6. The third-order valence-corrected chi connectivity index (χ3v) is 5.16. The molecule has 1 amide bonds. The highest BCUT2D eigenvalue weighted by molar-refractivity contribution is 5.79. The number of carbonyl (C=O) groups excluding carboxylic acids is 1. The van der Waals surface area contributed by atoms with Gasteiger partial charge in [0.05, 0.1) is 33.4 Å². The molecule has 7 nitrogen and oxygen atoms in total. The lowest BCUT2D eigenvalue weighted by atomic mass is 9.87. The topological polar surface area (TPSA) is 81.1 Å². The number of rotatable bonds is 6. The fourth-order valence-corrected chi connectivity index (χ4v) is 3.54. The van der Waals surface area contributed by atoms with Crippen molar-refractivity contribution in [1.82, 2.24) is 9.88 Å². The number of likely N-dealkylation sites (tertiary alicyclic amines) is 1. The molecule has 0 aliphatic carbocycles. The van der Waals surface area contributed by atoms with E-state index >= 15 is 0 Å². The quantitative estimate of drug-likeness (QED) is 0.819. The van der Waals surface area contributed by atoms with E-state index in [9.17, 15) is 9.90 Å². The van der Waals surface area contributed by atoms with Crippen LogP contribution in [0.5, 0.6) is 17.2 Å². The number of pyridine rings is 1. The molecule has 1 N–H and O–H groups in total. The third kappa shape index (κ3) is 4.04. The van der Waals surface area contributed by atoms with Gasteiger partial charge in [-0.25, -0.2) is 0 Å². The zero-order chi connectivity index (χ0) is 20.1. The summed E-state index contributed by atoms with van der Waals surface area (Å²) >= 11 is 0. The van der Waals surface area contributed by atoms with E-state index in [1.54, 1.807) is 44.6 Å². The minimum atomic E-state index is -0.982. The van der Waals surface area contributed by atoms with Crippen molar-refractivity contribution < 1.29 is 24.1 Å². The van der Waals surface area contributed by atoms with Gasteiger partial charge in [0.25, 0.3) is 0 Å². The lowest BCUT2D eigenvalue weighted by Gasteiger charge is -2.37. The van der Waals surface area contributed by atoms with Crippen LogP contribution in [0.4, 0.5) is 0 Å². The van der Waals surface area contributed by atoms with E-state index < -0.39 is 5.60 Å². The zero-order valence-corrected chi connectivity index (χ0v) is 16.5. The molecule has 2 heterocycles. The summed E-state index contributed by atoms with van der Waals surface area (Å²) in [5.41, 5.74) is 0.460. The summed E-state index contributed by atoms with van der Waals surface area (Å²) < 4.78 is 16.0. The van der Waals surface area contributed by atoms with E-state index in [4.69, 9.17) is 14.2 Å². The number of piperidine rings is 1. The summed E-state index contributed by atoms with van der Waals surface area (Å²) in [6.07, 6.45) is 2.82. The number of nitrogens with zero attached hydrogens (tertiary/aromatic N) is 2. The van der Waals surface area contributed by atoms with Crippen molar-refractivity contribution in [2.75, 3.05) is 34.4 Å². The molecule has 2 aromatic rings. The average molecular weight is 386 g/mol. The first-order chi connectivity index (χ1) is 13.5. The molecule has 28 heavy (non-hydrogen) atoms. The van der Waals surface area contributed by atoms with E-state index in [1.165, 1.54) is 0 Å². The lowest BCUT2D eigenvalue weighted by Crippen LogP contribution is -2.46. The number of amides is 1. The molecule has 7 heteroatoms. The van der Waals surface area contributed by atoms with Crippen molar-refractivity contribution in [2.24, 2.45) is 0 Å². The fraction of sp³-hybridized carbons (Fsp3) is 0.429. The van der Waals surface area contributed by atoms with Crippen molar-refractivity contribution in [1.29, 1.82) is 0 Å². The van der Waals surface area contributed by atoms with Crippen LogP contribution in [0.2, 0.25) is 0 Å². The van der Waals surface area contributed by atoms with Crippen LogP contribution in [0.25, 0.3) is 0 Å². The number of hydrogen-bond donors (Lipinski definition) is 1. The van der Waals surface area contributed by atoms with Crippen molar-refractivity contribution in [3.05, 3.63) is 47.8 Å². The van der Waals surface area contributed by atoms with Crippen LogP contribution in [0.1, 0.15) is 24.1 Å². The maximum atomic E-state index is 12.8. The van der Waals surface area contributed by atoms with Crippen LogP contribution in [-0.2, 0) is 16.8 Å². The fourth-order valence-electron chi connectivity index (χ4n) is 3.54. The minimum Gasteiger partial charge on any atom is -0.493 e. The van der Waals surface area contributed by atoms with Crippen LogP contribution < -0.4 is 14.2 Å². The maximum Gasteiger partial charge on any atom is 0.226 e. The van der Waals surface area contributed by atoms with E-state index in [0.29, 0.717) is 48.9 Å². The Kier molecular flexibility index (Phi) is 6.04. The highest BCUT2D eigenvalue weighted by atomic mass is 16.5. The molecule has 0 spiro atoms. The monoisotopic (exact) mass is 386 g/mol. The largest absolute Gasteiger partial charge is 0.493 e. The van der Waals surface area contributed by atoms with E-state index in [0.717, 1.165) is 5.56 Å². The van der Waals surface area contributed by atoms with Crippen LogP contribution in [0.15, 0.2) is 36.5 Å². The number of benzene rings is 1. The summed E-state index contributed by atoms with van der Waals surface area (Å²) in [6.45, 7) is 0.965. The molecule has 1 fully saturated rings. The van der Waals surface area contributed by atoms with Gasteiger partial charge in [-0.3, -0.25) is 9.78 Å². The Labute approximate surface area is 164 Å². The highest BCUT2D eigenvalue weighted by Crippen LogP contribution is 2.38. The van der Waals surface area contributed by atoms with Gasteiger partial charge in [-0.05, 0) is 42.7 Å². The summed E-state index contributed by atoms with van der Waals surface area (Å²) in [6, 6.07) is 9.08. The molecule has 1 saturated heterocycles. The molecule has 150 valence electrons. The smallest absolute Gasteiger partial charge is 0.226 e. The van der Waals surface area contributed by atoms with Crippen LogP contribution in [0, 0.1) is 0 Å². The van der Waals surface area contributed by atoms with Gasteiger partial charge in [-0.15, -0.1) is 0 Å². The second-order valence-electron chi connectivity index (χ2n) is 6.84. The molecule has 0 unspecified atom stereocenters. The molecule has 1 aromatic heterocycles. The van der Waals surface area contributed by atoms with Gasteiger partial charge < -0.3 is 24.2 Å². The predicted octanol–water partition coefficient (Wildman–Crippen LogP) is 2.16. The second-order valence-corrected chi connectivity index (χ2v) is 6.84. The molecular weight excluding hydrogens is 360 g/mol. The standard InChI is InChI=1S/C21H26N2O5/c1-26-16-12-15(13-17(27-2)20(16)28-3)14-19(24)23-10-7-21(25,8-11-23)18-6-4-5-9-22-18/h4-6,9,12-13,25H,7-8,10-11,14H2,1-3H3. The molecular formula is C21H26N2O5. The SMILES string of the molecule is COc1cc(CC(=O)N2CCC(O)(c3ccccn3)CC2)cc(OC)c1OC. The molecule has 1 aromatic carbocycles. The molecule has 1 aliphatic rings. The van der Waals surface area contributed by atoms with Gasteiger partial charge in [0.1, 0.15) is 5.60 Å². The molecule has 3 rings (SSSR count). The summed E-state index contributed by atoms with van der Waals surface area (Å²) in [5.74, 6) is 1.54. The Hall–Kier alpha value is -2.80. The third-order valence-electron chi connectivity index (χ3n) is 5.16. The molecule has 0 bridgehead atoms. The van der Waals surface area contributed by atoms with Crippen molar-refractivity contribution in [2.45, 2.75) is 24.9 Å². The highest BCUT2D eigenvalue weighted by Gasteiger charge is 2.36. The molecule has 1 aliphatic heterocycles. The van der Waals surface area contributed by atoms with Crippen molar-refractivity contribution in [3.63, 3.8) is 0 Å². The van der Waals surface area contributed by atoms with Gasteiger partial charge in [-0.1, -0.05) is 6.07 Å².